The van der Waals surface area contributed by atoms with Gasteiger partial charge >= 0.3 is 0 Å². The molecule has 0 aliphatic rings. The van der Waals surface area contributed by atoms with Crippen LogP contribution in [0.2, 0.25) is 0 Å². The maximum absolute atomic E-state index is 9.57. The monoisotopic (exact) mass is 267 g/mol. The van der Waals surface area contributed by atoms with Crippen LogP contribution in [-0.4, -0.2) is 14.7 Å². The summed E-state index contributed by atoms with van der Waals surface area (Å²) >= 11 is 0. The Morgan fingerprint density at radius 2 is 1.95 bits per heavy atom. The molecule has 0 saturated carbocycles. The highest BCUT2D eigenvalue weighted by Crippen LogP contribution is 2.27. The van der Waals surface area contributed by atoms with Crippen molar-refractivity contribution < 1.29 is 5.11 Å². The maximum atomic E-state index is 9.57. The second kappa shape index (κ2) is 4.98. The number of fused-ring (bicyclic) bond motifs is 1. The van der Waals surface area contributed by atoms with Crippen LogP contribution in [0.3, 0.4) is 0 Å². The molecule has 0 aliphatic carbocycles. The molecular formula is C16H17N3O. The first kappa shape index (κ1) is 12.7. The average Bonchev–Trinajstić information content (AvgIpc) is 2.84. The van der Waals surface area contributed by atoms with E-state index >= 15 is 0 Å². The summed E-state index contributed by atoms with van der Waals surface area (Å²) < 4.78 is 2.06. The number of nitrogens with two attached hydrogens (primary N) is 1. The van der Waals surface area contributed by atoms with Crippen molar-refractivity contribution in [2.24, 2.45) is 0 Å². The summed E-state index contributed by atoms with van der Waals surface area (Å²) in [6.45, 7) is 2.01. The summed E-state index contributed by atoms with van der Waals surface area (Å²) in [5.74, 6) is 0.655. The molecule has 1 heterocycles. The van der Waals surface area contributed by atoms with Crippen LogP contribution in [-0.2, 0) is 6.61 Å². The van der Waals surface area contributed by atoms with Crippen LogP contribution in [0.4, 0.5) is 5.69 Å². The summed E-state index contributed by atoms with van der Waals surface area (Å²) in [7, 11) is 0. The Hall–Kier alpha value is -2.33. The van der Waals surface area contributed by atoms with Gasteiger partial charge in [0.2, 0.25) is 0 Å². The van der Waals surface area contributed by atoms with E-state index in [1.165, 1.54) is 5.56 Å². The second-order valence-corrected chi connectivity index (χ2v) is 4.89. The molecule has 20 heavy (non-hydrogen) atoms. The predicted octanol–water partition coefficient (Wildman–Crippen LogP) is 2.72. The van der Waals surface area contributed by atoms with E-state index in [0.717, 1.165) is 11.0 Å². The van der Waals surface area contributed by atoms with Crippen LogP contribution >= 0.6 is 0 Å². The summed E-state index contributed by atoms with van der Waals surface area (Å²) in [6, 6.07) is 15.9. The highest BCUT2D eigenvalue weighted by molar-refractivity contribution is 5.80. The lowest BCUT2D eigenvalue weighted by Gasteiger charge is -2.17. The number of aliphatic hydroxyl groups is 1. The number of imidazole rings is 1. The van der Waals surface area contributed by atoms with Crippen molar-refractivity contribution >= 4 is 16.7 Å². The first-order valence-electron chi connectivity index (χ1n) is 6.63. The Kier molecular flexibility index (Phi) is 3.16. The van der Waals surface area contributed by atoms with Gasteiger partial charge in [-0.1, -0.05) is 30.3 Å². The van der Waals surface area contributed by atoms with E-state index in [4.69, 9.17) is 5.73 Å². The van der Waals surface area contributed by atoms with Crippen molar-refractivity contribution in [1.82, 2.24) is 9.55 Å². The van der Waals surface area contributed by atoms with E-state index < -0.39 is 0 Å². The number of rotatable bonds is 3. The Labute approximate surface area is 117 Å². The lowest BCUT2D eigenvalue weighted by molar-refractivity contribution is 0.264. The van der Waals surface area contributed by atoms with Crippen LogP contribution in [0.5, 0.6) is 0 Å². The van der Waals surface area contributed by atoms with Gasteiger partial charge in [-0.05, 0) is 30.7 Å². The molecule has 4 nitrogen and oxygen atoms in total. The molecule has 0 bridgehead atoms. The molecule has 0 aliphatic heterocycles. The highest BCUT2D eigenvalue weighted by Gasteiger charge is 2.16. The minimum Gasteiger partial charge on any atom is -0.399 e. The summed E-state index contributed by atoms with van der Waals surface area (Å²) in [5, 5.41) is 9.57. The highest BCUT2D eigenvalue weighted by atomic mass is 16.3. The van der Waals surface area contributed by atoms with Gasteiger partial charge in [-0.2, -0.15) is 0 Å². The smallest absolute Gasteiger partial charge is 0.136 e. The van der Waals surface area contributed by atoms with Crippen LogP contribution in [0, 0.1) is 0 Å². The number of benzene rings is 2. The summed E-state index contributed by atoms with van der Waals surface area (Å²) in [4.78, 5) is 4.47. The maximum Gasteiger partial charge on any atom is 0.136 e. The van der Waals surface area contributed by atoms with Gasteiger partial charge in [0.15, 0.2) is 0 Å². The molecule has 0 saturated heterocycles. The fourth-order valence-electron chi connectivity index (χ4n) is 2.59. The minimum absolute atomic E-state index is 0.0915. The van der Waals surface area contributed by atoms with Crippen molar-refractivity contribution in [2.45, 2.75) is 19.6 Å². The number of nitrogens with zero attached hydrogens (tertiary/aromatic N) is 2. The van der Waals surface area contributed by atoms with E-state index in [1.54, 1.807) is 0 Å². The van der Waals surface area contributed by atoms with Crippen LogP contribution in [0.1, 0.15) is 24.4 Å². The normalized spacial score (nSPS) is 12.7. The average molecular weight is 267 g/mol. The number of anilines is 1. The van der Waals surface area contributed by atoms with Crippen molar-refractivity contribution in [2.75, 3.05) is 5.73 Å². The molecule has 3 rings (SSSR count). The number of hydrogen-bond donors (Lipinski definition) is 2. The fraction of sp³-hybridized carbons (Fsp3) is 0.188. The molecule has 0 amide bonds. The molecule has 102 valence electrons. The summed E-state index contributed by atoms with van der Waals surface area (Å²) in [6.07, 6.45) is 0. The Bertz CT molecular complexity index is 734. The van der Waals surface area contributed by atoms with Crippen molar-refractivity contribution in [3.63, 3.8) is 0 Å². The number of hydrogen-bond acceptors (Lipinski definition) is 3. The molecule has 1 atom stereocenters. The quantitative estimate of drug-likeness (QED) is 0.717. The summed E-state index contributed by atoms with van der Waals surface area (Å²) in [5.41, 5.74) is 9.46. The van der Waals surface area contributed by atoms with Gasteiger partial charge in [-0.3, -0.25) is 0 Å². The zero-order chi connectivity index (χ0) is 14.1. The van der Waals surface area contributed by atoms with Crippen molar-refractivity contribution in [3.8, 4) is 0 Å². The Balaban J connectivity index is 2.19. The topological polar surface area (TPSA) is 64.1 Å². The SMILES string of the molecule is CC(c1ccccc1)n1c(CO)nc2cc(N)ccc21. The molecule has 0 radical (unpaired) electrons. The third kappa shape index (κ3) is 2.04. The Morgan fingerprint density at radius 1 is 1.20 bits per heavy atom. The first-order valence-corrected chi connectivity index (χ1v) is 6.63. The molecule has 1 unspecified atom stereocenters. The lowest BCUT2D eigenvalue weighted by atomic mass is 10.1. The van der Waals surface area contributed by atoms with E-state index in [0.29, 0.717) is 11.5 Å². The molecule has 1 aromatic heterocycles. The van der Waals surface area contributed by atoms with E-state index in [9.17, 15) is 5.11 Å². The van der Waals surface area contributed by atoms with Gasteiger partial charge in [0.05, 0.1) is 17.1 Å². The number of aromatic nitrogens is 2. The molecule has 3 N–H and O–H groups in total. The van der Waals surface area contributed by atoms with Gasteiger partial charge in [0, 0.05) is 5.69 Å². The first-order chi connectivity index (χ1) is 9.70. The third-order valence-corrected chi connectivity index (χ3v) is 3.60. The number of nitrogen functional groups attached to an aromatic ring is 1. The zero-order valence-electron chi connectivity index (χ0n) is 11.3. The number of aliphatic hydroxyl groups excluding tert-OH is 1. The van der Waals surface area contributed by atoms with Crippen LogP contribution in [0.15, 0.2) is 48.5 Å². The zero-order valence-corrected chi connectivity index (χ0v) is 11.3. The van der Waals surface area contributed by atoms with Crippen LogP contribution in [0.25, 0.3) is 11.0 Å². The fourth-order valence-corrected chi connectivity index (χ4v) is 2.59. The third-order valence-electron chi connectivity index (χ3n) is 3.60. The molecule has 4 heteroatoms. The molecule has 2 aromatic carbocycles. The van der Waals surface area contributed by atoms with Gasteiger partial charge in [-0.15, -0.1) is 0 Å². The Morgan fingerprint density at radius 3 is 2.65 bits per heavy atom. The van der Waals surface area contributed by atoms with E-state index in [-0.39, 0.29) is 12.6 Å². The second-order valence-electron chi connectivity index (χ2n) is 4.89. The van der Waals surface area contributed by atoms with E-state index in [2.05, 4.69) is 28.6 Å². The molecular weight excluding hydrogens is 250 g/mol. The van der Waals surface area contributed by atoms with E-state index in [1.807, 2.05) is 36.4 Å². The van der Waals surface area contributed by atoms with Gasteiger partial charge in [-0.25, -0.2) is 4.98 Å². The molecule has 0 fully saturated rings. The van der Waals surface area contributed by atoms with Crippen LogP contribution < -0.4 is 5.73 Å². The minimum atomic E-state index is -0.0915. The standard InChI is InChI=1S/C16H17N3O/c1-11(12-5-3-2-4-6-12)19-15-8-7-13(17)9-14(15)18-16(19)10-20/h2-9,11,20H,10,17H2,1H3. The lowest BCUT2D eigenvalue weighted by Crippen LogP contribution is -2.10. The van der Waals surface area contributed by atoms with Gasteiger partial charge in [0.25, 0.3) is 0 Å². The molecule has 3 aromatic rings. The van der Waals surface area contributed by atoms with Crippen molar-refractivity contribution in [3.05, 3.63) is 59.9 Å². The largest absolute Gasteiger partial charge is 0.399 e. The van der Waals surface area contributed by atoms with Gasteiger partial charge in [0.1, 0.15) is 12.4 Å². The van der Waals surface area contributed by atoms with Crippen molar-refractivity contribution in [1.29, 1.82) is 0 Å². The molecule has 0 spiro atoms. The predicted molar refractivity (Wildman–Crippen MR) is 80.3 cm³/mol. The van der Waals surface area contributed by atoms with Gasteiger partial charge < -0.3 is 15.4 Å².